The number of rotatable bonds is 11. The van der Waals surface area contributed by atoms with E-state index in [1.807, 2.05) is 60.7 Å². The van der Waals surface area contributed by atoms with E-state index in [4.69, 9.17) is 13.9 Å². The van der Waals surface area contributed by atoms with E-state index in [1.54, 1.807) is 0 Å². The zero-order valence-corrected chi connectivity index (χ0v) is 21.4. The number of ether oxygens (including phenoxy) is 2. The van der Waals surface area contributed by atoms with E-state index in [0.717, 1.165) is 17.5 Å². The van der Waals surface area contributed by atoms with Crippen LogP contribution in [-0.4, -0.2) is 33.2 Å². The van der Waals surface area contributed by atoms with Gasteiger partial charge in [-0.3, -0.25) is 0 Å². The first kappa shape index (κ1) is 26.1. The van der Waals surface area contributed by atoms with Crippen LogP contribution in [0, 0.1) is 0 Å². The van der Waals surface area contributed by atoms with Gasteiger partial charge in [-0.2, -0.15) is 0 Å². The van der Waals surface area contributed by atoms with Crippen molar-refractivity contribution >= 4 is 14.4 Å². The monoisotopic (exact) mass is 457 g/mol. The topological polar surface area (TPSA) is 56.8 Å². The van der Waals surface area contributed by atoms with E-state index in [-0.39, 0.29) is 23.8 Å². The molecule has 0 aromatic heterocycles. The van der Waals surface area contributed by atoms with Crippen LogP contribution in [0.15, 0.2) is 60.7 Å². The lowest BCUT2D eigenvalue weighted by atomic mass is 10.1. The largest absolute Gasteiger partial charge is 0.445 e. The Morgan fingerprint density at radius 1 is 0.938 bits per heavy atom. The number of hydrogen-bond donors (Lipinski definition) is 1. The molecule has 0 bridgehead atoms. The Morgan fingerprint density at radius 3 is 1.97 bits per heavy atom. The molecule has 0 fully saturated rings. The summed E-state index contributed by atoms with van der Waals surface area (Å²) in [6, 6.07) is 19.4. The maximum absolute atomic E-state index is 12.6. The smallest absolute Gasteiger partial charge is 0.407 e. The average Bonchev–Trinajstić information content (AvgIpc) is 2.77. The fourth-order valence-corrected chi connectivity index (χ4v) is 4.00. The Balaban J connectivity index is 2.04. The maximum Gasteiger partial charge on any atom is 0.407 e. The van der Waals surface area contributed by atoms with Crippen LogP contribution in [-0.2, 0) is 27.1 Å². The van der Waals surface area contributed by atoms with Gasteiger partial charge in [0.1, 0.15) is 6.61 Å². The van der Waals surface area contributed by atoms with Crippen molar-refractivity contribution in [1.29, 1.82) is 0 Å². The molecule has 1 N–H and O–H groups in total. The number of carbonyl (C=O) groups excluding carboxylic acids is 1. The third kappa shape index (κ3) is 8.41. The van der Waals surface area contributed by atoms with Gasteiger partial charge in [0.05, 0.1) is 25.4 Å². The summed E-state index contributed by atoms with van der Waals surface area (Å²) in [5.41, 5.74) is 2.05. The van der Waals surface area contributed by atoms with Gasteiger partial charge in [-0.1, -0.05) is 88.4 Å². The molecule has 176 valence electrons. The Bertz CT molecular complexity index is 806. The number of carbonyl (C=O) groups is 1. The van der Waals surface area contributed by atoms with E-state index >= 15 is 0 Å². The predicted octanol–water partition coefficient (Wildman–Crippen LogP) is 6.30. The van der Waals surface area contributed by atoms with Gasteiger partial charge in [0.2, 0.25) is 0 Å². The van der Waals surface area contributed by atoms with Crippen molar-refractivity contribution in [1.82, 2.24) is 5.32 Å². The zero-order valence-electron chi connectivity index (χ0n) is 20.4. The van der Waals surface area contributed by atoms with Crippen LogP contribution in [0.3, 0.4) is 0 Å². The standard InChI is InChI=1S/C26H39NO4Si/c1-7-24(29-18-21-14-10-8-11-15-21)23(20-31-32(5,6)26(2,3)4)27-25(28)30-19-22-16-12-9-13-17-22/h8-17,23-24H,7,18-20H2,1-6H3,(H,27,28)/t23-,24+/m0/s1. The first-order chi connectivity index (χ1) is 15.1. The Kier molecular flexibility index (Phi) is 9.94. The van der Waals surface area contributed by atoms with Gasteiger partial charge in [-0.25, -0.2) is 4.79 Å². The molecule has 1 amide bonds. The third-order valence-corrected chi connectivity index (χ3v) is 10.6. The molecule has 0 saturated heterocycles. The summed E-state index contributed by atoms with van der Waals surface area (Å²) >= 11 is 0. The highest BCUT2D eigenvalue weighted by molar-refractivity contribution is 6.74. The average molecular weight is 458 g/mol. The minimum absolute atomic E-state index is 0.0813. The molecule has 6 heteroatoms. The summed E-state index contributed by atoms with van der Waals surface area (Å²) < 4.78 is 18.1. The summed E-state index contributed by atoms with van der Waals surface area (Å²) in [6.07, 6.45) is 0.0980. The van der Waals surface area contributed by atoms with E-state index in [2.05, 4.69) is 46.1 Å². The molecule has 2 atom stereocenters. The molecule has 0 spiro atoms. The van der Waals surface area contributed by atoms with Gasteiger partial charge in [0.15, 0.2) is 8.32 Å². The van der Waals surface area contributed by atoms with Crippen molar-refractivity contribution in [2.45, 2.75) is 77.6 Å². The second-order valence-corrected chi connectivity index (χ2v) is 14.4. The van der Waals surface area contributed by atoms with Crippen molar-refractivity contribution < 1.29 is 18.7 Å². The van der Waals surface area contributed by atoms with Gasteiger partial charge < -0.3 is 19.2 Å². The van der Waals surface area contributed by atoms with Crippen LogP contribution in [0.25, 0.3) is 0 Å². The van der Waals surface area contributed by atoms with Gasteiger partial charge in [-0.15, -0.1) is 0 Å². The summed E-state index contributed by atoms with van der Waals surface area (Å²) in [5.74, 6) is 0. The summed E-state index contributed by atoms with van der Waals surface area (Å²) in [4.78, 5) is 12.6. The SMILES string of the molecule is CC[C@@H](OCc1ccccc1)[C@H](CO[Si](C)(C)C(C)(C)C)NC(=O)OCc1ccccc1. The molecule has 2 rings (SSSR count). The van der Waals surface area contributed by atoms with E-state index in [0.29, 0.717) is 13.2 Å². The molecule has 0 radical (unpaired) electrons. The second kappa shape index (κ2) is 12.2. The molecule has 0 unspecified atom stereocenters. The first-order valence-electron chi connectivity index (χ1n) is 11.4. The number of hydrogen-bond acceptors (Lipinski definition) is 4. The highest BCUT2D eigenvalue weighted by atomic mass is 28.4. The molecule has 32 heavy (non-hydrogen) atoms. The molecular formula is C26H39NO4Si. The van der Waals surface area contributed by atoms with Crippen LogP contribution in [0.1, 0.15) is 45.2 Å². The molecule has 0 heterocycles. The minimum Gasteiger partial charge on any atom is -0.445 e. The summed E-state index contributed by atoms with van der Waals surface area (Å²) in [6.45, 7) is 14.2. The van der Waals surface area contributed by atoms with Gasteiger partial charge in [0.25, 0.3) is 0 Å². The molecule has 5 nitrogen and oxygen atoms in total. The first-order valence-corrected chi connectivity index (χ1v) is 14.3. The van der Waals surface area contributed by atoms with Crippen molar-refractivity contribution in [3.05, 3.63) is 71.8 Å². The second-order valence-electron chi connectivity index (χ2n) is 9.63. The van der Waals surface area contributed by atoms with Crippen LogP contribution in [0.5, 0.6) is 0 Å². The summed E-state index contributed by atoms with van der Waals surface area (Å²) in [7, 11) is -1.98. The van der Waals surface area contributed by atoms with Crippen LogP contribution in [0.2, 0.25) is 18.1 Å². The fraction of sp³-hybridized carbons (Fsp3) is 0.500. The Labute approximate surface area is 194 Å². The van der Waals surface area contributed by atoms with Gasteiger partial charge >= 0.3 is 6.09 Å². The molecule has 2 aromatic rings. The van der Waals surface area contributed by atoms with Crippen LogP contribution in [0.4, 0.5) is 4.79 Å². The van der Waals surface area contributed by atoms with E-state index < -0.39 is 14.4 Å². The van der Waals surface area contributed by atoms with Crippen molar-refractivity contribution in [2.24, 2.45) is 0 Å². The number of nitrogens with one attached hydrogen (secondary N) is 1. The molecule has 0 aliphatic carbocycles. The third-order valence-electron chi connectivity index (χ3n) is 6.10. The molecular weight excluding hydrogens is 418 g/mol. The zero-order chi connectivity index (χ0) is 23.6. The fourth-order valence-electron chi connectivity index (χ4n) is 2.97. The highest BCUT2D eigenvalue weighted by Gasteiger charge is 2.38. The quantitative estimate of drug-likeness (QED) is 0.402. The van der Waals surface area contributed by atoms with Crippen molar-refractivity contribution in [2.75, 3.05) is 6.61 Å². The van der Waals surface area contributed by atoms with Crippen molar-refractivity contribution in [3.8, 4) is 0 Å². The lowest BCUT2D eigenvalue weighted by molar-refractivity contribution is -0.00121. The molecule has 0 saturated carbocycles. The number of amides is 1. The normalized spacial score (nSPS) is 13.9. The summed E-state index contributed by atoms with van der Waals surface area (Å²) in [5, 5.41) is 3.09. The minimum atomic E-state index is -1.98. The number of alkyl carbamates (subject to hydrolysis) is 1. The Hall–Kier alpha value is -2.15. The lowest BCUT2D eigenvalue weighted by Gasteiger charge is -2.38. The maximum atomic E-state index is 12.6. The number of benzene rings is 2. The highest BCUT2D eigenvalue weighted by Crippen LogP contribution is 2.36. The van der Waals surface area contributed by atoms with E-state index in [9.17, 15) is 4.79 Å². The molecule has 0 aliphatic rings. The van der Waals surface area contributed by atoms with E-state index in [1.165, 1.54) is 0 Å². The van der Waals surface area contributed by atoms with Crippen LogP contribution < -0.4 is 5.32 Å². The van der Waals surface area contributed by atoms with Crippen molar-refractivity contribution in [3.63, 3.8) is 0 Å². The molecule has 0 aliphatic heterocycles. The Morgan fingerprint density at radius 2 is 1.47 bits per heavy atom. The van der Waals surface area contributed by atoms with Gasteiger partial charge in [-0.05, 0) is 35.7 Å². The molecule has 2 aromatic carbocycles. The lowest BCUT2D eigenvalue weighted by Crippen LogP contribution is -2.51. The van der Waals surface area contributed by atoms with Gasteiger partial charge in [0, 0.05) is 0 Å². The van der Waals surface area contributed by atoms with Crippen LogP contribution >= 0.6 is 0 Å². The predicted molar refractivity (Wildman–Crippen MR) is 132 cm³/mol.